The Morgan fingerprint density at radius 1 is 1.37 bits per heavy atom. The first-order chi connectivity index (χ1) is 8.73. The summed E-state index contributed by atoms with van der Waals surface area (Å²) in [5.74, 6) is 0.00805. The maximum atomic E-state index is 12.5. The summed E-state index contributed by atoms with van der Waals surface area (Å²) >= 11 is 0. The predicted molar refractivity (Wildman–Crippen MR) is 73.6 cm³/mol. The zero-order valence-corrected chi connectivity index (χ0v) is 12.8. The monoisotopic (exact) mass is 270 g/mol. The van der Waals surface area contributed by atoms with Crippen LogP contribution in [0.25, 0.3) is 0 Å². The molecule has 0 saturated carbocycles. The molecule has 1 fully saturated rings. The summed E-state index contributed by atoms with van der Waals surface area (Å²) in [5, 5.41) is 2.81. The lowest BCUT2D eigenvalue weighted by molar-refractivity contribution is -0.155. The second-order valence-electron chi connectivity index (χ2n) is 6.09. The standard InChI is InChI=1S/C14H26N2O3/c1-7-10-13(18)16(8-14(4,5)19-6)11(9(2)3)12(17)15-10/h9-11H,7-8H2,1-6H3,(H,15,17). The Hall–Kier alpha value is -1.10. The van der Waals surface area contributed by atoms with Gasteiger partial charge in [0.2, 0.25) is 11.8 Å². The fourth-order valence-corrected chi connectivity index (χ4v) is 2.39. The third-order valence-corrected chi connectivity index (χ3v) is 3.65. The number of piperazine rings is 1. The van der Waals surface area contributed by atoms with Crippen molar-refractivity contribution in [3.8, 4) is 0 Å². The topological polar surface area (TPSA) is 58.6 Å². The lowest BCUT2D eigenvalue weighted by atomic mass is 9.94. The highest BCUT2D eigenvalue weighted by Crippen LogP contribution is 2.22. The van der Waals surface area contributed by atoms with Crippen molar-refractivity contribution in [1.29, 1.82) is 0 Å². The Labute approximate surface area is 115 Å². The van der Waals surface area contributed by atoms with Crippen LogP contribution in [-0.2, 0) is 14.3 Å². The van der Waals surface area contributed by atoms with Crippen LogP contribution in [0.2, 0.25) is 0 Å². The number of hydrogen-bond acceptors (Lipinski definition) is 3. The van der Waals surface area contributed by atoms with Gasteiger partial charge >= 0.3 is 0 Å². The quantitative estimate of drug-likeness (QED) is 0.816. The number of nitrogens with zero attached hydrogens (tertiary/aromatic N) is 1. The van der Waals surface area contributed by atoms with Gasteiger partial charge in [-0.2, -0.15) is 0 Å². The molecule has 1 heterocycles. The molecule has 0 aliphatic carbocycles. The molecule has 2 atom stereocenters. The third kappa shape index (κ3) is 3.47. The van der Waals surface area contributed by atoms with E-state index in [2.05, 4.69) is 5.32 Å². The Morgan fingerprint density at radius 2 is 1.95 bits per heavy atom. The fraction of sp³-hybridized carbons (Fsp3) is 0.857. The smallest absolute Gasteiger partial charge is 0.245 e. The van der Waals surface area contributed by atoms with Crippen LogP contribution in [0, 0.1) is 5.92 Å². The second kappa shape index (κ2) is 5.90. The van der Waals surface area contributed by atoms with E-state index in [0.717, 1.165) is 0 Å². The van der Waals surface area contributed by atoms with Crippen LogP contribution in [0.3, 0.4) is 0 Å². The molecule has 2 unspecified atom stereocenters. The normalized spacial score (nSPS) is 24.9. The minimum Gasteiger partial charge on any atom is -0.377 e. The van der Waals surface area contributed by atoms with Gasteiger partial charge in [0.25, 0.3) is 0 Å². The van der Waals surface area contributed by atoms with Gasteiger partial charge in [-0.3, -0.25) is 9.59 Å². The summed E-state index contributed by atoms with van der Waals surface area (Å²) in [7, 11) is 1.62. The zero-order chi connectivity index (χ0) is 14.8. The van der Waals surface area contributed by atoms with Gasteiger partial charge in [-0.05, 0) is 26.2 Å². The number of ether oxygens (including phenoxy) is 1. The van der Waals surface area contributed by atoms with Gasteiger partial charge < -0.3 is 15.0 Å². The molecular weight excluding hydrogens is 244 g/mol. The van der Waals surface area contributed by atoms with Crippen LogP contribution >= 0.6 is 0 Å². The van der Waals surface area contributed by atoms with Crippen molar-refractivity contribution in [3.05, 3.63) is 0 Å². The number of hydrogen-bond donors (Lipinski definition) is 1. The number of carbonyl (C=O) groups excluding carboxylic acids is 2. The van der Waals surface area contributed by atoms with Crippen molar-refractivity contribution < 1.29 is 14.3 Å². The van der Waals surface area contributed by atoms with Crippen molar-refractivity contribution in [2.24, 2.45) is 5.92 Å². The molecule has 0 aromatic heterocycles. The first kappa shape index (κ1) is 16.0. The van der Waals surface area contributed by atoms with Crippen LogP contribution in [0.15, 0.2) is 0 Å². The van der Waals surface area contributed by atoms with Gasteiger partial charge in [0.1, 0.15) is 12.1 Å². The van der Waals surface area contributed by atoms with E-state index >= 15 is 0 Å². The highest BCUT2D eigenvalue weighted by molar-refractivity contribution is 5.97. The summed E-state index contributed by atoms with van der Waals surface area (Å²) in [6, 6.07) is -0.820. The molecule has 1 aliphatic rings. The number of rotatable bonds is 5. The Bertz CT molecular complexity index is 353. The first-order valence-electron chi connectivity index (χ1n) is 6.89. The molecule has 0 aromatic rings. The molecule has 5 nitrogen and oxygen atoms in total. The highest BCUT2D eigenvalue weighted by atomic mass is 16.5. The molecule has 1 N–H and O–H groups in total. The highest BCUT2D eigenvalue weighted by Gasteiger charge is 2.43. The molecule has 0 spiro atoms. The lowest BCUT2D eigenvalue weighted by Gasteiger charge is -2.43. The molecule has 19 heavy (non-hydrogen) atoms. The van der Waals surface area contributed by atoms with Crippen molar-refractivity contribution in [1.82, 2.24) is 10.2 Å². The van der Waals surface area contributed by atoms with Gasteiger partial charge in [0.15, 0.2) is 0 Å². The fourth-order valence-electron chi connectivity index (χ4n) is 2.39. The Kier molecular flexibility index (Phi) is 4.96. The summed E-state index contributed by atoms with van der Waals surface area (Å²) in [6.07, 6.45) is 0.610. The molecule has 5 heteroatoms. The molecule has 110 valence electrons. The lowest BCUT2D eigenvalue weighted by Crippen LogP contribution is -2.66. The largest absolute Gasteiger partial charge is 0.377 e. The average Bonchev–Trinajstić information content (AvgIpc) is 2.32. The zero-order valence-electron chi connectivity index (χ0n) is 12.8. The number of carbonyl (C=O) groups is 2. The molecule has 1 saturated heterocycles. The van der Waals surface area contributed by atoms with Crippen LogP contribution in [-0.4, -0.2) is 48.1 Å². The van der Waals surface area contributed by atoms with Crippen molar-refractivity contribution in [2.45, 2.75) is 58.7 Å². The second-order valence-corrected chi connectivity index (χ2v) is 6.09. The molecule has 1 rings (SSSR count). The third-order valence-electron chi connectivity index (χ3n) is 3.65. The van der Waals surface area contributed by atoms with Gasteiger partial charge in [-0.1, -0.05) is 20.8 Å². The molecule has 0 bridgehead atoms. The average molecular weight is 270 g/mol. The van der Waals surface area contributed by atoms with Crippen LogP contribution in [0.1, 0.15) is 41.0 Å². The van der Waals surface area contributed by atoms with Gasteiger partial charge in [-0.25, -0.2) is 0 Å². The maximum absolute atomic E-state index is 12.5. The SMILES string of the molecule is CCC1NC(=O)C(C(C)C)N(CC(C)(C)OC)C1=O. The number of nitrogens with one attached hydrogen (secondary N) is 1. The van der Waals surface area contributed by atoms with E-state index in [1.807, 2.05) is 34.6 Å². The predicted octanol–water partition coefficient (Wildman–Crippen LogP) is 1.17. The van der Waals surface area contributed by atoms with E-state index in [9.17, 15) is 9.59 Å². The summed E-state index contributed by atoms with van der Waals surface area (Å²) in [6.45, 7) is 10.1. The number of methoxy groups -OCH3 is 1. The molecule has 1 aliphatic heterocycles. The van der Waals surface area contributed by atoms with Crippen LogP contribution in [0.5, 0.6) is 0 Å². The summed E-state index contributed by atoms with van der Waals surface area (Å²) < 4.78 is 5.40. The van der Waals surface area contributed by atoms with E-state index in [-0.39, 0.29) is 17.7 Å². The Morgan fingerprint density at radius 3 is 2.37 bits per heavy atom. The maximum Gasteiger partial charge on any atom is 0.245 e. The van der Waals surface area contributed by atoms with E-state index in [1.54, 1.807) is 12.0 Å². The minimum absolute atomic E-state index is 0.00840. The van der Waals surface area contributed by atoms with E-state index < -0.39 is 17.7 Å². The van der Waals surface area contributed by atoms with Crippen molar-refractivity contribution >= 4 is 11.8 Å². The molecule has 2 amide bonds. The van der Waals surface area contributed by atoms with Crippen LogP contribution < -0.4 is 5.32 Å². The van der Waals surface area contributed by atoms with Gasteiger partial charge in [-0.15, -0.1) is 0 Å². The minimum atomic E-state index is -0.460. The van der Waals surface area contributed by atoms with Crippen LogP contribution in [0.4, 0.5) is 0 Å². The van der Waals surface area contributed by atoms with Crippen molar-refractivity contribution in [2.75, 3.05) is 13.7 Å². The van der Waals surface area contributed by atoms with E-state index in [0.29, 0.717) is 13.0 Å². The molecule has 0 aromatic carbocycles. The van der Waals surface area contributed by atoms with Crippen molar-refractivity contribution in [3.63, 3.8) is 0 Å². The molecule has 0 radical (unpaired) electrons. The van der Waals surface area contributed by atoms with Gasteiger partial charge in [0, 0.05) is 7.11 Å². The Balaban J connectivity index is 3.02. The molecular formula is C14H26N2O3. The first-order valence-corrected chi connectivity index (χ1v) is 6.89. The van der Waals surface area contributed by atoms with Gasteiger partial charge in [0.05, 0.1) is 12.1 Å². The summed E-state index contributed by atoms with van der Waals surface area (Å²) in [4.78, 5) is 26.3. The number of amides is 2. The van der Waals surface area contributed by atoms with E-state index in [4.69, 9.17) is 4.74 Å². The summed E-state index contributed by atoms with van der Waals surface area (Å²) in [5.41, 5.74) is -0.460. The van der Waals surface area contributed by atoms with E-state index in [1.165, 1.54) is 0 Å².